The zero-order valence-corrected chi connectivity index (χ0v) is 13.1. The number of sulfonamides is 1. The van der Waals surface area contributed by atoms with Gasteiger partial charge in [-0.25, -0.2) is 8.42 Å². The van der Waals surface area contributed by atoms with E-state index in [9.17, 15) is 18.5 Å². The van der Waals surface area contributed by atoms with E-state index in [-0.39, 0.29) is 22.7 Å². The average molecular weight is 313 g/mol. The Hall–Kier alpha value is -1.51. The summed E-state index contributed by atoms with van der Waals surface area (Å²) in [6.07, 6.45) is 0. The van der Waals surface area contributed by atoms with Crippen LogP contribution in [-0.4, -0.2) is 42.8 Å². The second kappa shape index (κ2) is 5.70. The molecule has 1 heterocycles. The molecule has 0 amide bonds. The van der Waals surface area contributed by atoms with Crippen LogP contribution < -0.4 is 5.32 Å². The first kappa shape index (κ1) is 15.9. The predicted molar refractivity (Wildman–Crippen MR) is 78.7 cm³/mol. The Bertz CT molecular complexity index is 659. The monoisotopic (exact) mass is 313 g/mol. The lowest BCUT2D eigenvalue weighted by molar-refractivity contribution is -0.387. The summed E-state index contributed by atoms with van der Waals surface area (Å²) >= 11 is 0. The van der Waals surface area contributed by atoms with Crippen LogP contribution in [0.5, 0.6) is 0 Å². The molecule has 0 aliphatic carbocycles. The molecule has 1 aliphatic rings. The molecule has 21 heavy (non-hydrogen) atoms. The number of piperazine rings is 1. The van der Waals surface area contributed by atoms with E-state index in [1.807, 2.05) is 6.92 Å². The van der Waals surface area contributed by atoms with E-state index in [2.05, 4.69) is 5.32 Å². The van der Waals surface area contributed by atoms with Gasteiger partial charge in [-0.1, -0.05) is 12.1 Å². The zero-order valence-electron chi connectivity index (χ0n) is 12.2. The molecular weight excluding hydrogens is 294 g/mol. The van der Waals surface area contributed by atoms with Crippen molar-refractivity contribution in [1.82, 2.24) is 9.62 Å². The van der Waals surface area contributed by atoms with E-state index >= 15 is 0 Å². The number of aryl methyl sites for hydroxylation is 1. The third kappa shape index (κ3) is 2.78. The van der Waals surface area contributed by atoms with E-state index in [1.165, 1.54) is 16.4 Å². The summed E-state index contributed by atoms with van der Waals surface area (Å²) in [6.45, 7) is 6.12. The Morgan fingerprint density at radius 1 is 1.38 bits per heavy atom. The number of hydrogen-bond acceptors (Lipinski definition) is 5. The van der Waals surface area contributed by atoms with Gasteiger partial charge in [-0.3, -0.25) is 10.1 Å². The van der Waals surface area contributed by atoms with Crippen molar-refractivity contribution in [2.45, 2.75) is 37.8 Å². The van der Waals surface area contributed by atoms with Crippen LogP contribution in [0.2, 0.25) is 0 Å². The summed E-state index contributed by atoms with van der Waals surface area (Å²) in [4.78, 5) is 10.3. The van der Waals surface area contributed by atoms with E-state index in [0.29, 0.717) is 18.7 Å². The molecule has 116 valence electrons. The Labute approximate surface area is 124 Å². The van der Waals surface area contributed by atoms with Crippen molar-refractivity contribution in [3.8, 4) is 0 Å². The van der Waals surface area contributed by atoms with E-state index in [0.717, 1.165) is 0 Å². The van der Waals surface area contributed by atoms with Crippen molar-refractivity contribution in [3.63, 3.8) is 0 Å². The van der Waals surface area contributed by atoms with Gasteiger partial charge in [0.15, 0.2) is 4.90 Å². The number of hydrogen-bond donors (Lipinski definition) is 1. The molecule has 1 aromatic carbocycles. The Kier molecular flexibility index (Phi) is 4.31. The SMILES string of the molecule is Cc1cccc([N+](=O)[O-])c1S(=O)(=O)N1CCNC(C)C1C. The van der Waals surface area contributed by atoms with Crippen LogP contribution in [0, 0.1) is 17.0 Å². The van der Waals surface area contributed by atoms with Crippen LogP contribution in [0.3, 0.4) is 0 Å². The minimum absolute atomic E-state index is 0.00315. The highest BCUT2D eigenvalue weighted by molar-refractivity contribution is 7.89. The minimum atomic E-state index is -3.90. The van der Waals surface area contributed by atoms with Crippen molar-refractivity contribution in [2.75, 3.05) is 13.1 Å². The fourth-order valence-electron chi connectivity index (χ4n) is 2.60. The lowest BCUT2D eigenvalue weighted by Gasteiger charge is -2.37. The molecule has 1 fully saturated rings. The largest absolute Gasteiger partial charge is 0.311 e. The van der Waals surface area contributed by atoms with Crippen LogP contribution in [0.15, 0.2) is 23.1 Å². The van der Waals surface area contributed by atoms with Gasteiger partial charge in [-0.15, -0.1) is 0 Å². The number of nitro groups is 1. The van der Waals surface area contributed by atoms with E-state index < -0.39 is 14.9 Å². The van der Waals surface area contributed by atoms with Gasteiger partial charge >= 0.3 is 0 Å². The first-order valence-corrected chi connectivity index (χ1v) is 8.20. The lowest BCUT2D eigenvalue weighted by Crippen LogP contribution is -2.57. The highest BCUT2D eigenvalue weighted by Gasteiger charge is 2.38. The zero-order chi connectivity index (χ0) is 15.8. The Morgan fingerprint density at radius 2 is 2.05 bits per heavy atom. The Morgan fingerprint density at radius 3 is 2.67 bits per heavy atom. The van der Waals surface area contributed by atoms with Crippen LogP contribution in [0.1, 0.15) is 19.4 Å². The third-order valence-electron chi connectivity index (χ3n) is 3.93. The number of nitrogens with zero attached hydrogens (tertiary/aromatic N) is 2. The van der Waals surface area contributed by atoms with Crippen molar-refractivity contribution >= 4 is 15.7 Å². The van der Waals surface area contributed by atoms with Gasteiger partial charge in [-0.2, -0.15) is 4.31 Å². The third-order valence-corrected chi connectivity index (χ3v) is 6.11. The smallest absolute Gasteiger partial charge is 0.289 e. The second-order valence-electron chi connectivity index (χ2n) is 5.28. The number of nitro benzene ring substituents is 1. The quantitative estimate of drug-likeness (QED) is 0.670. The van der Waals surface area contributed by atoms with Gasteiger partial charge in [-0.05, 0) is 26.3 Å². The fourth-order valence-corrected chi connectivity index (χ4v) is 4.67. The average Bonchev–Trinajstić information content (AvgIpc) is 2.41. The van der Waals surface area contributed by atoms with Crippen LogP contribution in [0.25, 0.3) is 0 Å². The van der Waals surface area contributed by atoms with Gasteiger partial charge < -0.3 is 5.32 Å². The van der Waals surface area contributed by atoms with Crippen molar-refractivity contribution in [1.29, 1.82) is 0 Å². The molecule has 1 N–H and O–H groups in total. The van der Waals surface area contributed by atoms with E-state index in [1.54, 1.807) is 19.9 Å². The Balaban J connectivity index is 2.57. The van der Waals surface area contributed by atoms with Gasteiger partial charge in [0.2, 0.25) is 0 Å². The molecule has 0 bridgehead atoms. The van der Waals surface area contributed by atoms with Gasteiger partial charge in [0.05, 0.1) is 4.92 Å². The van der Waals surface area contributed by atoms with Gasteiger partial charge in [0.1, 0.15) is 0 Å². The standard InChI is InChI=1S/C13H19N3O4S/c1-9-5-4-6-12(16(17)18)13(9)21(19,20)15-8-7-14-10(2)11(15)3/h4-6,10-11,14H,7-8H2,1-3H3. The summed E-state index contributed by atoms with van der Waals surface area (Å²) in [6, 6.07) is 4.04. The highest BCUT2D eigenvalue weighted by atomic mass is 32.2. The second-order valence-corrected chi connectivity index (χ2v) is 7.11. The molecule has 1 saturated heterocycles. The first-order chi connectivity index (χ1) is 9.76. The molecule has 1 aromatic rings. The van der Waals surface area contributed by atoms with Crippen molar-refractivity contribution < 1.29 is 13.3 Å². The molecule has 7 nitrogen and oxygen atoms in total. The number of benzene rings is 1. The maximum absolute atomic E-state index is 12.9. The van der Waals surface area contributed by atoms with Crippen LogP contribution in [0.4, 0.5) is 5.69 Å². The summed E-state index contributed by atoms with van der Waals surface area (Å²) in [7, 11) is -3.90. The van der Waals surface area contributed by atoms with E-state index in [4.69, 9.17) is 0 Å². The molecule has 2 atom stereocenters. The first-order valence-electron chi connectivity index (χ1n) is 6.76. The maximum Gasteiger partial charge on any atom is 0.289 e. The molecule has 0 saturated carbocycles. The topological polar surface area (TPSA) is 92.5 Å². The highest BCUT2D eigenvalue weighted by Crippen LogP contribution is 2.31. The molecule has 0 spiro atoms. The summed E-state index contributed by atoms with van der Waals surface area (Å²) in [5.41, 5.74) is 0.0240. The number of rotatable bonds is 3. The minimum Gasteiger partial charge on any atom is -0.311 e. The number of nitrogens with one attached hydrogen (secondary N) is 1. The summed E-state index contributed by atoms with van der Waals surface area (Å²) in [5.74, 6) is 0. The fraction of sp³-hybridized carbons (Fsp3) is 0.538. The molecule has 2 rings (SSSR count). The summed E-state index contributed by atoms with van der Waals surface area (Å²) < 4.78 is 27.1. The van der Waals surface area contributed by atoms with Crippen LogP contribution >= 0.6 is 0 Å². The maximum atomic E-state index is 12.9. The summed E-state index contributed by atoms with van der Waals surface area (Å²) in [5, 5.41) is 14.4. The molecule has 8 heteroatoms. The molecular formula is C13H19N3O4S. The molecule has 1 aliphatic heterocycles. The lowest BCUT2D eigenvalue weighted by atomic mass is 10.1. The predicted octanol–water partition coefficient (Wildman–Crippen LogP) is 1.27. The van der Waals surface area contributed by atoms with Gasteiger partial charge in [0, 0.05) is 31.2 Å². The molecule has 2 unspecified atom stereocenters. The van der Waals surface area contributed by atoms with Crippen molar-refractivity contribution in [2.24, 2.45) is 0 Å². The normalized spacial score (nSPS) is 24.0. The molecule has 0 aromatic heterocycles. The van der Waals surface area contributed by atoms with Crippen molar-refractivity contribution in [3.05, 3.63) is 33.9 Å². The molecule has 0 radical (unpaired) electrons. The van der Waals surface area contributed by atoms with Crippen LogP contribution in [-0.2, 0) is 10.0 Å². The van der Waals surface area contributed by atoms with Gasteiger partial charge in [0.25, 0.3) is 15.7 Å².